The highest BCUT2D eigenvalue weighted by atomic mass is 19.1. The van der Waals surface area contributed by atoms with E-state index in [9.17, 15) is 9.18 Å². The molecule has 0 fully saturated rings. The first-order valence-electron chi connectivity index (χ1n) is 7.35. The molecule has 1 aliphatic heterocycles. The Labute approximate surface area is 128 Å². The quantitative estimate of drug-likeness (QED) is 0.921. The highest BCUT2D eigenvalue weighted by molar-refractivity contribution is 5.78. The Kier molecular flexibility index (Phi) is 3.70. The molecule has 1 aromatic heterocycles. The lowest BCUT2D eigenvalue weighted by atomic mass is 10.1. The molecule has 0 saturated carbocycles. The zero-order valence-electron chi connectivity index (χ0n) is 12.7. The maximum atomic E-state index is 13.1. The summed E-state index contributed by atoms with van der Waals surface area (Å²) in [5.74, 6) is 0.520. The van der Waals surface area contributed by atoms with Gasteiger partial charge in [0.2, 0.25) is 5.91 Å². The number of nitrogens with two attached hydrogens (primary N) is 1. The molecule has 0 radical (unpaired) electrons. The van der Waals surface area contributed by atoms with Crippen molar-refractivity contribution in [2.75, 3.05) is 13.1 Å². The molecule has 5 nitrogen and oxygen atoms in total. The summed E-state index contributed by atoms with van der Waals surface area (Å²) in [7, 11) is 0. The zero-order valence-corrected chi connectivity index (χ0v) is 12.7. The van der Waals surface area contributed by atoms with Crippen molar-refractivity contribution < 1.29 is 9.18 Å². The van der Waals surface area contributed by atoms with Crippen molar-refractivity contribution >= 4 is 5.91 Å². The van der Waals surface area contributed by atoms with Crippen molar-refractivity contribution in [1.82, 2.24) is 14.5 Å². The summed E-state index contributed by atoms with van der Waals surface area (Å²) < 4.78 is 15.2. The monoisotopic (exact) mass is 302 g/mol. The standard InChI is InChI=1S/C16H19FN4O/c1-10-15(12-3-5-13(17)6-4-12)19-16-11(2)20(14(22)9-18)7-8-21(10)16/h3-6,11H,7-9,18H2,1-2H3. The summed E-state index contributed by atoms with van der Waals surface area (Å²) in [5, 5.41) is 0. The number of hydrogen-bond acceptors (Lipinski definition) is 3. The van der Waals surface area contributed by atoms with Crippen LogP contribution in [0.25, 0.3) is 11.3 Å². The molecule has 2 N–H and O–H groups in total. The van der Waals surface area contributed by atoms with E-state index in [1.54, 1.807) is 17.0 Å². The molecule has 2 aromatic rings. The molecule has 1 unspecified atom stereocenters. The van der Waals surface area contributed by atoms with E-state index in [4.69, 9.17) is 10.7 Å². The molecule has 116 valence electrons. The summed E-state index contributed by atoms with van der Waals surface area (Å²) in [5.41, 5.74) is 8.22. The van der Waals surface area contributed by atoms with Gasteiger partial charge in [-0.15, -0.1) is 0 Å². The van der Waals surface area contributed by atoms with Gasteiger partial charge < -0.3 is 15.2 Å². The van der Waals surface area contributed by atoms with Crippen LogP contribution in [0.4, 0.5) is 4.39 Å². The van der Waals surface area contributed by atoms with Gasteiger partial charge >= 0.3 is 0 Å². The second-order valence-electron chi connectivity index (χ2n) is 5.53. The maximum absolute atomic E-state index is 13.1. The lowest BCUT2D eigenvalue weighted by Crippen LogP contribution is -2.44. The van der Waals surface area contributed by atoms with Gasteiger partial charge in [0.05, 0.1) is 18.3 Å². The molecule has 0 aliphatic carbocycles. The Balaban J connectivity index is 2.01. The predicted octanol–water partition coefficient (Wildman–Crippen LogP) is 1.86. The van der Waals surface area contributed by atoms with Crippen LogP contribution >= 0.6 is 0 Å². The molecule has 6 heteroatoms. The molecule has 0 spiro atoms. The van der Waals surface area contributed by atoms with Gasteiger partial charge in [-0.05, 0) is 38.1 Å². The number of fused-ring (bicyclic) bond motifs is 1. The number of hydrogen-bond donors (Lipinski definition) is 1. The number of imidazole rings is 1. The lowest BCUT2D eigenvalue weighted by Gasteiger charge is -2.34. The highest BCUT2D eigenvalue weighted by Gasteiger charge is 2.30. The molecule has 0 bridgehead atoms. The largest absolute Gasteiger partial charge is 0.330 e. The number of carbonyl (C=O) groups excluding carboxylic acids is 1. The van der Waals surface area contributed by atoms with Crippen LogP contribution in [0.5, 0.6) is 0 Å². The summed E-state index contributed by atoms with van der Waals surface area (Å²) in [4.78, 5) is 18.4. The minimum absolute atomic E-state index is 0.00878. The maximum Gasteiger partial charge on any atom is 0.236 e. The SMILES string of the molecule is Cc1c(-c2ccc(F)cc2)nc2n1CCN(C(=O)CN)C2C. The molecular weight excluding hydrogens is 283 g/mol. The molecule has 1 atom stereocenters. The predicted molar refractivity (Wildman–Crippen MR) is 81.5 cm³/mol. The first-order chi connectivity index (χ1) is 10.5. The van der Waals surface area contributed by atoms with Gasteiger partial charge in [0, 0.05) is 24.3 Å². The second kappa shape index (κ2) is 5.53. The number of aromatic nitrogens is 2. The van der Waals surface area contributed by atoms with Gasteiger partial charge in [0.1, 0.15) is 11.6 Å². The van der Waals surface area contributed by atoms with E-state index < -0.39 is 0 Å². The van der Waals surface area contributed by atoms with Crippen molar-refractivity contribution in [3.05, 3.63) is 41.6 Å². The molecule has 22 heavy (non-hydrogen) atoms. The van der Waals surface area contributed by atoms with E-state index >= 15 is 0 Å². The molecule has 0 saturated heterocycles. The molecular formula is C16H19FN4O. The van der Waals surface area contributed by atoms with Gasteiger partial charge in [-0.3, -0.25) is 4.79 Å². The van der Waals surface area contributed by atoms with Crippen LogP contribution in [0.2, 0.25) is 0 Å². The topological polar surface area (TPSA) is 64.2 Å². The molecule has 2 heterocycles. The van der Waals surface area contributed by atoms with Crippen LogP contribution < -0.4 is 5.73 Å². The van der Waals surface area contributed by atoms with Crippen molar-refractivity contribution in [2.24, 2.45) is 5.73 Å². The summed E-state index contributed by atoms with van der Waals surface area (Å²) in [6.45, 7) is 5.30. The lowest BCUT2D eigenvalue weighted by molar-refractivity contribution is -0.132. The summed E-state index contributed by atoms with van der Waals surface area (Å²) in [6.07, 6.45) is 0. The van der Waals surface area contributed by atoms with Crippen LogP contribution in [0.15, 0.2) is 24.3 Å². The smallest absolute Gasteiger partial charge is 0.236 e. The van der Waals surface area contributed by atoms with E-state index in [2.05, 4.69) is 4.57 Å². The van der Waals surface area contributed by atoms with Gasteiger partial charge in [-0.25, -0.2) is 9.37 Å². The number of benzene rings is 1. The minimum atomic E-state index is -0.265. The third-order valence-electron chi connectivity index (χ3n) is 4.27. The molecule has 1 aromatic carbocycles. The number of carbonyl (C=O) groups is 1. The van der Waals surface area contributed by atoms with Gasteiger partial charge in [0.25, 0.3) is 0 Å². The van der Waals surface area contributed by atoms with E-state index in [0.717, 1.165) is 22.8 Å². The number of rotatable bonds is 2. The Bertz CT molecular complexity index is 708. The van der Waals surface area contributed by atoms with Crippen molar-refractivity contribution in [3.8, 4) is 11.3 Å². The Morgan fingerprint density at radius 3 is 2.68 bits per heavy atom. The number of nitrogens with zero attached hydrogens (tertiary/aromatic N) is 3. The van der Waals surface area contributed by atoms with E-state index in [1.807, 2.05) is 13.8 Å². The van der Waals surface area contributed by atoms with Gasteiger partial charge in [-0.1, -0.05) is 0 Å². The summed E-state index contributed by atoms with van der Waals surface area (Å²) >= 11 is 0. The number of amides is 1. The third kappa shape index (κ3) is 2.29. The fourth-order valence-electron chi connectivity index (χ4n) is 3.04. The van der Waals surface area contributed by atoms with Gasteiger partial charge in [0.15, 0.2) is 0 Å². The third-order valence-corrected chi connectivity index (χ3v) is 4.27. The van der Waals surface area contributed by atoms with E-state index in [-0.39, 0.29) is 24.3 Å². The Morgan fingerprint density at radius 1 is 1.36 bits per heavy atom. The second-order valence-corrected chi connectivity index (χ2v) is 5.53. The zero-order chi connectivity index (χ0) is 15.9. The first kappa shape index (κ1) is 14.7. The van der Waals surface area contributed by atoms with Crippen molar-refractivity contribution in [3.63, 3.8) is 0 Å². The van der Waals surface area contributed by atoms with Crippen LogP contribution in [0, 0.1) is 12.7 Å². The van der Waals surface area contributed by atoms with Gasteiger partial charge in [-0.2, -0.15) is 0 Å². The fourth-order valence-corrected chi connectivity index (χ4v) is 3.04. The van der Waals surface area contributed by atoms with Crippen LogP contribution in [0.3, 0.4) is 0 Å². The molecule has 3 rings (SSSR count). The van der Waals surface area contributed by atoms with E-state index in [0.29, 0.717) is 13.1 Å². The van der Waals surface area contributed by atoms with E-state index in [1.165, 1.54) is 12.1 Å². The van der Waals surface area contributed by atoms with Crippen molar-refractivity contribution in [2.45, 2.75) is 26.4 Å². The van der Waals surface area contributed by atoms with Crippen LogP contribution in [0.1, 0.15) is 24.5 Å². The Hall–Kier alpha value is -2.21. The fraction of sp³-hybridized carbons (Fsp3) is 0.375. The average molecular weight is 302 g/mol. The minimum Gasteiger partial charge on any atom is -0.330 e. The average Bonchev–Trinajstić information content (AvgIpc) is 2.86. The normalized spacial score (nSPS) is 17.5. The van der Waals surface area contributed by atoms with Crippen LogP contribution in [-0.4, -0.2) is 33.4 Å². The molecule has 1 aliphatic rings. The Morgan fingerprint density at radius 2 is 2.05 bits per heavy atom. The van der Waals surface area contributed by atoms with Crippen molar-refractivity contribution in [1.29, 1.82) is 0 Å². The summed E-state index contributed by atoms with van der Waals surface area (Å²) in [6, 6.07) is 6.20. The first-order valence-corrected chi connectivity index (χ1v) is 7.35. The van der Waals surface area contributed by atoms with Crippen LogP contribution in [-0.2, 0) is 11.3 Å². The molecule has 1 amide bonds. The number of halogens is 1. The highest BCUT2D eigenvalue weighted by Crippen LogP contribution is 2.31.